The highest BCUT2D eigenvalue weighted by Crippen LogP contribution is 2.38. The van der Waals surface area contributed by atoms with E-state index in [1.54, 1.807) is 7.11 Å². The van der Waals surface area contributed by atoms with E-state index in [2.05, 4.69) is 15.3 Å². The fourth-order valence-corrected chi connectivity index (χ4v) is 3.68. The van der Waals surface area contributed by atoms with Gasteiger partial charge in [-0.1, -0.05) is 17.7 Å². The van der Waals surface area contributed by atoms with E-state index in [4.69, 9.17) is 22.1 Å². The number of halogens is 1. The summed E-state index contributed by atoms with van der Waals surface area (Å²) in [5, 5.41) is 13.1. The molecule has 0 radical (unpaired) electrons. The normalized spacial score (nSPS) is 19.8. The molecule has 1 aliphatic rings. The van der Waals surface area contributed by atoms with Gasteiger partial charge in [-0.2, -0.15) is 4.98 Å². The summed E-state index contributed by atoms with van der Waals surface area (Å²) in [7, 11) is 1.64. The molecule has 4 N–H and O–H groups in total. The molecule has 0 aliphatic heterocycles. The zero-order valence-electron chi connectivity index (χ0n) is 14.4. The maximum Gasteiger partial charge on any atom is 0.223 e. The molecular formula is C18H23ClN4O2. The number of nitrogens with two attached hydrogens (primary N) is 1. The van der Waals surface area contributed by atoms with E-state index in [1.165, 1.54) is 0 Å². The quantitative estimate of drug-likeness (QED) is 0.707. The number of nitrogens with zero attached hydrogens (tertiary/aromatic N) is 2. The zero-order valence-corrected chi connectivity index (χ0v) is 15.2. The van der Waals surface area contributed by atoms with Crippen molar-refractivity contribution in [3.8, 4) is 16.9 Å². The molecule has 1 fully saturated rings. The van der Waals surface area contributed by atoms with Crippen LogP contribution in [0.2, 0.25) is 5.15 Å². The Morgan fingerprint density at radius 1 is 1.36 bits per heavy atom. The van der Waals surface area contributed by atoms with Gasteiger partial charge in [0.15, 0.2) is 0 Å². The third-order valence-electron chi connectivity index (χ3n) is 4.73. The van der Waals surface area contributed by atoms with E-state index < -0.39 is 0 Å². The summed E-state index contributed by atoms with van der Waals surface area (Å²) in [4.78, 5) is 8.51. The molecule has 1 heterocycles. The first-order chi connectivity index (χ1) is 12.0. The first kappa shape index (κ1) is 17.8. The first-order valence-electron chi connectivity index (χ1n) is 8.37. The molecule has 0 unspecified atom stereocenters. The molecular weight excluding hydrogens is 340 g/mol. The highest BCUT2D eigenvalue weighted by atomic mass is 35.5. The number of aromatic nitrogens is 2. The topological polar surface area (TPSA) is 93.3 Å². The Kier molecular flexibility index (Phi) is 5.30. The molecule has 0 saturated heterocycles. The van der Waals surface area contributed by atoms with Crippen LogP contribution in [0.1, 0.15) is 24.8 Å². The molecule has 1 aromatic carbocycles. The second-order valence-electron chi connectivity index (χ2n) is 6.48. The summed E-state index contributed by atoms with van der Waals surface area (Å²) in [6.45, 7) is 2.21. The molecule has 0 spiro atoms. The average Bonchev–Trinajstić information content (AvgIpc) is 3.03. The second-order valence-corrected chi connectivity index (χ2v) is 6.84. The molecule has 1 saturated carbocycles. The SMILES string of the molecule is COc1ccc(-c2c(Cl)nc(N)nc2N[C@H]2CC[C@@H](CO)C2)c(C)c1. The summed E-state index contributed by atoms with van der Waals surface area (Å²) in [5.41, 5.74) is 8.50. The number of methoxy groups -OCH3 is 1. The molecule has 2 atom stereocenters. The van der Waals surface area contributed by atoms with Crippen LogP contribution in [-0.2, 0) is 0 Å². The average molecular weight is 363 g/mol. The van der Waals surface area contributed by atoms with E-state index in [0.717, 1.165) is 41.7 Å². The van der Waals surface area contributed by atoms with Crippen LogP contribution in [0.15, 0.2) is 18.2 Å². The van der Waals surface area contributed by atoms with E-state index in [9.17, 15) is 5.11 Å². The lowest BCUT2D eigenvalue weighted by atomic mass is 10.0. The molecule has 1 aliphatic carbocycles. The van der Waals surface area contributed by atoms with Crippen LogP contribution in [0, 0.1) is 12.8 Å². The van der Waals surface area contributed by atoms with Crippen molar-refractivity contribution < 1.29 is 9.84 Å². The van der Waals surface area contributed by atoms with Crippen LogP contribution < -0.4 is 15.8 Å². The molecule has 25 heavy (non-hydrogen) atoms. The van der Waals surface area contributed by atoms with Gasteiger partial charge in [-0.25, -0.2) is 4.98 Å². The third kappa shape index (κ3) is 3.80. The first-order valence-corrected chi connectivity index (χ1v) is 8.75. The van der Waals surface area contributed by atoms with Crippen LogP contribution in [0.4, 0.5) is 11.8 Å². The Morgan fingerprint density at radius 2 is 2.16 bits per heavy atom. The van der Waals surface area contributed by atoms with Crippen LogP contribution in [-0.4, -0.2) is 34.8 Å². The van der Waals surface area contributed by atoms with Gasteiger partial charge >= 0.3 is 0 Å². The lowest BCUT2D eigenvalue weighted by Crippen LogP contribution is -2.18. The number of aliphatic hydroxyl groups excluding tert-OH is 1. The van der Waals surface area contributed by atoms with Gasteiger partial charge in [-0.05, 0) is 55.4 Å². The Bertz CT molecular complexity index is 769. The number of benzene rings is 1. The van der Waals surface area contributed by atoms with Gasteiger partial charge in [0, 0.05) is 12.6 Å². The van der Waals surface area contributed by atoms with E-state index in [-0.39, 0.29) is 18.6 Å². The van der Waals surface area contributed by atoms with Crippen LogP contribution in [0.5, 0.6) is 5.75 Å². The number of hydrogen-bond donors (Lipinski definition) is 3. The predicted octanol–water partition coefficient (Wildman–Crippen LogP) is 3.27. The molecule has 134 valence electrons. The molecule has 7 heteroatoms. The smallest absolute Gasteiger partial charge is 0.223 e. The van der Waals surface area contributed by atoms with Crippen molar-refractivity contribution in [1.82, 2.24) is 9.97 Å². The fraction of sp³-hybridized carbons (Fsp3) is 0.444. The summed E-state index contributed by atoms with van der Waals surface area (Å²) < 4.78 is 5.27. The van der Waals surface area contributed by atoms with E-state index in [0.29, 0.717) is 16.9 Å². The number of nitrogen functional groups attached to an aromatic ring is 1. The number of aryl methyl sites for hydroxylation is 1. The van der Waals surface area contributed by atoms with Crippen molar-refractivity contribution in [3.63, 3.8) is 0 Å². The van der Waals surface area contributed by atoms with Gasteiger partial charge in [0.05, 0.1) is 12.7 Å². The zero-order chi connectivity index (χ0) is 18.0. The Morgan fingerprint density at radius 3 is 2.80 bits per heavy atom. The molecule has 0 bridgehead atoms. The van der Waals surface area contributed by atoms with Crippen molar-refractivity contribution in [2.24, 2.45) is 5.92 Å². The van der Waals surface area contributed by atoms with Gasteiger partial charge in [-0.15, -0.1) is 0 Å². The number of aliphatic hydroxyl groups is 1. The van der Waals surface area contributed by atoms with Gasteiger partial charge in [-0.3, -0.25) is 0 Å². The van der Waals surface area contributed by atoms with Gasteiger partial charge in [0.1, 0.15) is 16.7 Å². The van der Waals surface area contributed by atoms with E-state index >= 15 is 0 Å². The Labute approximate surface area is 152 Å². The molecule has 2 aromatic rings. The number of ether oxygens (including phenoxy) is 1. The molecule has 0 amide bonds. The fourth-order valence-electron chi connectivity index (χ4n) is 3.40. The lowest BCUT2D eigenvalue weighted by molar-refractivity contribution is 0.229. The standard InChI is InChI=1S/C18H23ClN4O2/c1-10-7-13(25-2)5-6-14(10)15-16(19)22-18(20)23-17(15)21-12-4-3-11(8-12)9-24/h5-7,11-12,24H,3-4,8-9H2,1-2H3,(H3,20,21,22,23)/t11-,12+/m1/s1. The minimum absolute atomic E-state index is 0.138. The highest BCUT2D eigenvalue weighted by Gasteiger charge is 2.26. The lowest BCUT2D eigenvalue weighted by Gasteiger charge is -2.19. The van der Waals surface area contributed by atoms with Crippen LogP contribution >= 0.6 is 11.6 Å². The molecule has 6 nitrogen and oxygen atoms in total. The molecule has 3 rings (SSSR count). The van der Waals surface area contributed by atoms with Crippen molar-refractivity contribution in [2.75, 3.05) is 24.8 Å². The van der Waals surface area contributed by atoms with Gasteiger partial charge in [0.25, 0.3) is 0 Å². The van der Waals surface area contributed by atoms with Crippen molar-refractivity contribution in [2.45, 2.75) is 32.2 Å². The Hall–Kier alpha value is -2.05. The summed E-state index contributed by atoms with van der Waals surface area (Å²) >= 11 is 6.41. The van der Waals surface area contributed by atoms with Crippen molar-refractivity contribution >= 4 is 23.4 Å². The van der Waals surface area contributed by atoms with Gasteiger partial charge < -0.3 is 20.9 Å². The number of hydrogen-bond acceptors (Lipinski definition) is 6. The summed E-state index contributed by atoms with van der Waals surface area (Å²) in [6, 6.07) is 6.02. The number of nitrogens with one attached hydrogen (secondary N) is 1. The predicted molar refractivity (Wildman–Crippen MR) is 100 cm³/mol. The van der Waals surface area contributed by atoms with Crippen LogP contribution in [0.25, 0.3) is 11.1 Å². The number of anilines is 2. The number of rotatable bonds is 5. The maximum absolute atomic E-state index is 9.35. The minimum Gasteiger partial charge on any atom is -0.497 e. The minimum atomic E-state index is 0.138. The molecule has 1 aromatic heterocycles. The second kappa shape index (κ2) is 7.45. The highest BCUT2D eigenvalue weighted by molar-refractivity contribution is 6.32. The Balaban J connectivity index is 1.99. The van der Waals surface area contributed by atoms with Gasteiger partial charge in [0.2, 0.25) is 5.95 Å². The van der Waals surface area contributed by atoms with E-state index in [1.807, 2.05) is 25.1 Å². The monoisotopic (exact) mass is 362 g/mol. The van der Waals surface area contributed by atoms with Crippen molar-refractivity contribution in [1.29, 1.82) is 0 Å². The van der Waals surface area contributed by atoms with Crippen molar-refractivity contribution in [3.05, 3.63) is 28.9 Å². The summed E-state index contributed by atoms with van der Waals surface area (Å²) in [5.74, 6) is 1.89. The maximum atomic E-state index is 9.35. The largest absolute Gasteiger partial charge is 0.497 e. The third-order valence-corrected chi connectivity index (χ3v) is 5.00. The van der Waals surface area contributed by atoms with Crippen LogP contribution in [0.3, 0.4) is 0 Å². The summed E-state index contributed by atoms with van der Waals surface area (Å²) in [6.07, 6.45) is 2.88.